The minimum Gasteiger partial charge on any atom is -0.346 e. The number of aromatic nitrogens is 4. The number of halogens is 2. The third kappa shape index (κ3) is 3.74. The molecule has 0 saturated carbocycles. The fourth-order valence-corrected chi connectivity index (χ4v) is 4.23. The van der Waals surface area contributed by atoms with Gasteiger partial charge in [-0.2, -0.15) is 0 Å². The first-order chi connectivity index (χ1) is 14.7. The summed E-state index contributed by atoms with van der Waals surface area (Å²) in [6.45, 7) is 1.58. The minimum absolute atomic E-state index is 0.0250. The lowest BCUT2D eigenvalue weighted by molar-refractivity contribution is 0.103. The third-order valence-corrected chi connectivity index (χ3v) is 6.29. The van der Waals surface area contributed by atoms with E-state index in [2.05, 4.69) is 24.7 Å². The number of carbonyl (C=O) groups is 1. The molecule has 3 heterocycles. The van der Waals surface area contributed by atoms with E-state index in [1.54, 1.807) is 19.2 Å². The summed E-state index contributed by atoms with van der Waals surface area (Å²) in [4.78, 5) is 28.1. The molecule has 152 valence electrons. The quantitative estimate of drug-likeness (QED) is 0.432. The average Bonchev–Trinajstić information content (AvgIpc) is 3.20. The van der Waals surface area contributed by atoms with Gasteiger partial charge in [0.05, 0.1) is 22.0 Å². The number of pyridine rings is 1. The zero-order valence-corrected chi connectivity index (χ0v) is 17.6. The number of hydrogen-bond donors (Lipinski definition) is 2. The Morgan fingerprint density at radius 3 is 2.67 bits per heavy atom. The second-order valence-corrected chi connectivity index (χ2v) is 8.78. The van der Waals surface area contributed by atoms with Crippen LogP contribution in [0.3, 0.4) is 0 Å². The maximum absolute atomic E-state index is 13.2. The molecule has 8 nitrogen and oxygen atoms in total. The van der Waals surface area contributed by atoms with Gasteiger partial charge in [0, 0.05) is 17.8 Å². The maximum atomic E-state index is 13.2. The Balaban J connectivity index is 1.82. The smallest absolute Gasteiger partial charge is 0.262 e. The van der Waals surface area contributed by atoms with Gasteiger partial charge < -0.3 is 4.98 Å². The van der Waals surface area contributed by atoms with Gasteiger partial charge in [0.1, 0.15) is 23.4 Å². The lowest BCUT2D eigenvalue weighted by Crippen LogP contribution is -2.18. The molecule has 0 spiro atoms. The molecule has 0 unspecified atom stereocenters. The fourth-order valence-electron chi connectivity index (χ4n) is 2.79. The number of nitrogens with zero attached hydrogens (tertiary/aromatic N) is 3. The van der Waals surface area contributed by atoms with Crippen LogP contribution in [0.15, 0.2) is 53.9 Å². The van der Waals surface area contributed by atoms with Gasteiger partial charge in [0.25, 0.3) is 10.0 Å². The molecule has 0 radical (unpaired) electrons. The molecule has 0 atom stereocenters. The van der Waals surface area contributed by atoms with E-state index in [-0.39, 0.29) is 38.2 Å². The van der Waals surface area contributed by atoms with Crippen LogP contribution in [0.5, 0.6) is 0 Å². The van der Waals surface area contributed by atoms with Gasteiger partial charge in [-0.3, -0.25) is 14.5 Å². The summed E-state index contributed by atoms with van der Waals surface area (Å²) in [5, 5.41) is 0.707. The summed E-state index contributed by atoms with van der Waals surface area (Å²) in [5.41, 5.74) is 0.483. The van der Waals surface area contributed by atoms with Crippen LogP contribution >= 0.6 is 23.2 Å². The molecule has 11 heteroatoms. The topological polar surface area (TPSA) is 118 Å². The van der Waals surface area contributed by atoms with E-state index in [0.717, 1.165) is 0 Å². The Morgan fingerprint density at radius 1 is 1.10 bits per heavy atom. The van der Waals surface area contributed by atoms with Crippen LogP contribution in [0.1, 0.15) is 23.1 Å². The first-order valence-electron chi connectivity index (χ1n) is 8.96. The van der Waals surface area contributed by atoms with E-state index in [1.807, 2.05) is 0 Å². The fraction of sp³-hybridized carbons (Fsp3) is 0.0526. The molecule has 0 aliphatic carbocycles. The molecule has 0 fully saturated rings. The molecular formula is C19H13Cl2N5O3S. The van der Waals surface area contributed by atoms with Crippen LogP contribution in [0.25, 0.3) is 11.0 Å². The van der Waals surface area contributed by atoms with Crippen molar-refractivity contribution in [2.75, 3.05) is 4.72 Å². The summed E-state index contributed by atoms with van der Waals surface area (Å²) >= 11 is 11.8. The molecule has 30 heavy (non-hydrogen) atoms. The number of benzene rings is 1. The van der Waals surface area contributed by atoms with Crippen molar-refractivity contribution in [3.63, 3.8) is 0 Å². The van der Waals surface area contributed by atoms with Crippen LogP contribution in [0.2, 0.25) is 10.0 Å². The van der Waals surface area contributed by atoms with E-state index in [1.165, 1.54) is 30.6 Å². The van der Waals surface area contributed by atoms with E-state index in [4.69, 9.17) is 24.6 Å². The first-order valence-corrected chi connectivity index (χ1v) is 10.7. The van der Waals surface area contributed by atoms with Crippen molar-refractivity contribution in [1.82, 2.24) is 19.9 Å². The van der Waals surface area contributed by atoms with Crippen molar-refractivity contribution in [2.45, 2.75) is 11.8 Å². The number of rotatable bonds is 5. The highest BCUT2D eigenvalue weighted by atomic mass is 35.5. The molecule has 0 amide bonds. The number of aryl methyl sites for hydroxylation is 1. The van der Waals surface area contributed by atoms with E-state index < -0.39 is 15.8 Å². The molecule has 0 bridgehead atoms. The Morgan fingerprint density at radius 2 is 1.90 bits per heavy atom. The number of hydrogen-bond acceptors (Lipinski definition) is 6. The number of carbonyl (C=O) groups excluding carboxylic acids is 1. The van der Waals surface area contributed by atoms with Crippen LogP contribution < -0.4 is 4.72 Å². The second-order valence-electron chi connectivity index (χ2n) is 6.29. The van der Waals surface area contributed by atoms with E-state index in [0.29, 0.717) is 16.6 Å². The van der Waals surface area contributed by atoms with Crippen molar-refractivity contribution >= 4 is 55.7 Å². The molecule has 0 saturated heterocycles. The van der Waals surface area contributed by atoms with Crippen molar-refractivity contribution in [1.29, 1.82) is 0 Å². The number of aromatic amines is 1. The normalized spacial score (nSPS) is 12.0. The molecule has 4 rings (SSSR count). The summed E-state index contributed by atoms with van der Waals surface area (Å²) in [6.07, 6.45) is 2.64. The lowest BCUT2D eigenvalue weighted by Gasteiger charge is -2.13. The Kier molecular flexibility index (Phi) is 4.86. The Labute approximate surface area is 182 Å². The van der Waals surface area contributed by atoms with Gasteiger partial charge >= 0.3 is 0 Å². The predicted molar refractivity (Wildman–Crippen MR) is 114 cm³/mol. The highest BCUT2D eigenvalue weighted by molar-refractivity contribution is 7.92. The average molecular weight is 463 g/mol. The van der Waals surface area contributed by atoms with Crippen LogP contribution in [-0.2, 0) is 10.0 Å². The Bertz CT molecular complexity index is 1460. The van der Waals surface area contributed by atoms with Crippen LogP contribution in [0.4, 0.5) is 5.69 Å². The number of anilines is 1. The number of H-pyrrole nitrogens is 1. The van der Waals surface area contributed by atoms with Crippen molar-refractivity contribution in [2.24, 2.45) is 0 Å². The first kappa shape index (κ1) is 19.0. The molecule has 4 aromatic rings. The predicted octanol–water partition coefficient (Wildman–Crippen LogP) is 4.00. The molecule has 2 N–H and O–H groups in total. The SMILES string of the molecule is [2H]c1nc(C(=O)c2ncnc3[nH]ccc23)c(NS(=O)(=O)c2ccc(Cl)c(Cl)c2)cc1C. The Hall–Kier alpha value is -3.01. The molecular weight excluding hydrogens is 449 g/mol. The van der Waals surface area contributed by atoms with E-state index >= 15 is 0 Å². The van der Waals surface area contributed by atoms with Gasteiger partial charge in [0.2, 0.25) is 5.78 Å². The standard InChI is InChI=1S/C19H13Cl2N5O3S/c1-10-6-15(26-30(28,29)11-2-3-13(20)14(21)7-11)17(23-8-10)18(27)16-12-4-5-22-19(12)25-9-24-16/h2-9,26H,1H3,(H,22,24,25)/i8D. The number of nitrogens with one attached hydrogen (secondary N) is 2. The number of ketones is 1. The summed E-state index contributed by atoms with van der Waals surface area (Å²) in [6, 6.07) is 6.82. The molecule has 1 aromatic carbocycles. The molecule has 3 aromatic heterocycles. The molecule has 0 aliphatic heterocycles. The second kappa shape index (κ2) is 7.67. The minimum atomic E-state index is -4.14. The largest absolute Gasteiger partial charge is 0.346 e. The zero-order chi connectivity index (χ0) is 22.3. The zero-order valence-electron chi connectivity index (χ0n) is 16.3. The van der Waals surface area contributed by atoms with Gasteiger partial charge in [-0.25, -0.2) is 18.4 Å². The van der Waals surface area contributed by atoms with Crippen molar-refractivity contribution in [3.05, 3.63) is 76.0 Å². The van der Waals surface area contributed by atoms with E-state index in [9.17, 15) is 13.2 Å². The number of fused-ring (bicyclic) bond motifs is 1. The maximum Gasteiger partial charge on any atom is 0.262 e. The number of sulfonamides is 1. The third-order valence-electron chi connectivity index (χ3n) is 4.19. The molecule has 0 aliphatic rings. The highest BCUT2D eigenvalue weighted by Crippen LogP contribution is 2.28. The van der Waals surface area contributed by atoms with Crippen molar-refractivity contribution in [3.8, 4) is 0 Å². The van der Waals surface area contributed by atoms with Crippen LogP contribution in [0, 0.1) is 6.92 Å². The van der Waals surface area contributed by atoms with Gasteiger partial charge in [0.15, 0.2) is 0 Å². The van der Waals surface area contributed by atoms with Gasteiger partial charge in [-0.05, 0) is 42.8 Å². The highest BCUT2D eigenvalue weighted by Gasteiger charge is 2.24. The van der Waals surface area contributed by atoms with Gasteiger partial charge in [-0.1, -0.05) is 23.2 Å². The van der Waals surface area contributed by atoms with Crippen LogP contribution in [-0.4, -0.2) is 34.1 Å². The monoisotopic (exact) mass is 462 g/mol. The summed E-state index contributed by atoms with van der Waals surface area (Å²) < 4.78 is 36.2. The van der Waals surface area contributed by atoms with Crippen molar-refractivity contribution < 1.29 is 14.6 Å². The van der Waals surface area contributed by atoms with Gasteiger partial charge in [-0.15, -0.1) is 0 Å². The lowest BCUT2D eigenvalue weighted by atomic mass is 10.1. The summed E-state index contributed by atoms with van der Waals surface area (Å²) in [7, 11) is -4.14. The summed E-state index contributed by atoms with van der Waals surface area (Å²) in [5.74, 6) is -0.660.